The number of para-hydroxylation sites is 1. The second-order valence-corrected chi connectivity index (χ2v) is 7.77. The Kier molecular flexibility index (Phi) is 5.40. The van der Waals surface area contributed by atoms with Crippen LogP contribution in [0, 0.1) is 6.92 Å². The second-order valence-electron chi connectivity index (χ2n) is 5.73. The molecule has 3 aromatic rings. The van der Waals surface area contributed by atoms with Crippen LogP contribution in [0.2, 0.25) is 5.02 Å². The lowest BCUT2D eigenvalue weighted by atomic mass is 10.1. The zero-order valence-corrected chi connectivity index (χ0v) is 15.6. The van der Waals surface area contributed by atoms with E-state index in [9.17, 15) is 8.42 Å². The van der Waals surface area contributed by atoms with Gasteiger partial charge < -0.3 is 5.32 Å². The first kappa shape index (κ1) is 18.2. The standard InChI is InChI=1S/C20H17ClN2O2S/c1-15-7-9-16(10-8-15)20(22-18-5-3-2-4-6-18)23-26(24,25)19-13-11-17(21)12-14-19/h2-14H,1H3,(H,22,23). The van der Waals surface area contributed by atoms with Crippen LogP contribution in [0.25, 0.3) is 0 Å². The molecule has 1 N–H and O–H groups in total. The molecule has 0 aliphatic heterocycles. The summed E-state index contributed by atoms with van der Waals surface area (Å²) in [7, 11) is -3.89. The van der Waals surface area contributed by atoms with Crippen LogP contribution in [0.1, 0.15) is 11.1 Å². The molecule has 3 aromatic carbocycles. The molecular formula is C20H17ClN2O2S. The summed E-state index contributed by atoms with van der Waals surface area (Å²) in [5.41, 5.74) is 2.50. The molecule has 0 aromatic heterocycles. The van der Waals surface area contributed by atoms with Gasteiger partial charge in [0.2, 0.25) is 0 Å². The van der Waals surface area contributed by atoms with E-state index in [-0.39, 0.29) is 10.7 Å². The largest absolute Gasteiger partial charge is 0.339 e. The highest BCUT2D eigenvalue weighted by Gasteiger charge is 2.16. The van der Waals surface area contributed by atoms with E-state index in [1.54, 1.807) is 0 Å². The van der Waals surface area contributed by atoms with Crippen molar-refractivity contribution < 1.29 is 8.42 Å². The van der Waals surface area contributed by atoms with E-state index >= 15 is 0 Å². The molecule has 0 amide bonds. The Bertz CT molecular complexity index is 1010. The fraction of sp³-hybridized carbons (Fsp3) is 0.0500. The summed E-state index contributed by atoms with van der Waals surface area (Å²) >= 11 is 5.84. The number of benzene rings is 3. The van der Waals surface area contributed by atoms with Gasteiger partial charge in [0, 0.05) is 16.3 Å². The van der Waals surface area contributed by atoms with Crippen LogP contribution < -0.4 is 5.32 Å². The zero-order chi connectivity index (χ0) is 18.6. The number of sulfonamides is 1. The number of nitrogens with zero attached hydrogens (tertiary/aromatic N) is 1. The summed E-state index contributed by atoms with van der Waals surface area (Å²) in [5.74, 6) is 0.256. The molecule has 0 fully saturated rings. The van der Waals surface area contributed by atoms with Gasteiger partial charge in [-0.25, -0.2) is 0 Å². The van der Waals surface area contributed by atoms with E-state index < -0.39 is 10.0 Å². The summed E-state index contributed by atoms with van der Waals surface area (Å²) < 4.78 is 29.5. The SMILES string of the molecule is Cc1ccc(C(=NS(=O)(=O)c2ccc(Cl)cc2)Nc2ccccc2)cc1. The predicted molar refractivity (Wildman–Crippen MR) is 106 cm³/mol. The topological polar surface area (TPSA) is 58.5 Å². The lowest BCUT2D eigenvalue weighted by molar-refractivity contribution is 0.598. The number of halogens is 1. The van der Waals surface area contributed by atoms with Crippen LogP contribution >= 0.6 is 11.6 Å². The predicted octanol–water partition coefficient (Wildman–Crippen LogP) is 4.90. The Balaban J connectivity index is 2.05. The van der Waals surface area contributed by atoms with Crippen LogP contribution in [0.5, 0.6) is 0 Å². The van der Waals surface area contributed by atoms with Crippen LogP contribution in [0.3, 0.4) is 0 Å². The lowest BCUT2D eigenvalue weighted by Crippen LogP contribution is -2.16. The minimum absolute atomic E-state index is 0.0846. The number of aryl methyl sites for hydroxylation is 1. The highest BCUT2D eigenvalue weighted by Crippen LogP contribution is 2.18. The highest BCUT2D eigenvalue weighted by molar-refractivity contribution is 7.90. The van der Waals surface area contributed by atoms with Crippen molar-refractivity contribution in [2.24, 2.45) is 4.40 Å². The molecule has 0 saturated heterocycles. The first-order chi connectivity index (χ1) is 12.4. The fourth-order valence-electron chi connectivity index (χ4n) is 2.30. The van der Waals surface area contributed by atoms with Gasteiger partial charge in [0.15, 0.2) is 5.84 Å². The Hall–Kier alpha value is -2.63. The summed E-state index contributed by atoms with van der Waals surface area (Å²) in [4.78, 5) is 0.0846. The van der Waals surface area contributed by atoms with Gasteiger partial charge in [-0.2, -0.15) is 8.42 Å². The van der Waals surface area contributed by atoms with Crippen molar-refractivity contribution >= 4 is 33.1 Å². The van der Waals surface area contributed by atoms with Gasteiger partial charge in [-0.1, -0.05) is 59.6 Å². The number of amidine groups is 1. The lowest BCUT2D eigenvalue weighted by Gasteiger charge is -2.11. The molecule has 26 heavy (non-hydrogen) atoms. The van der Waals surface area contributed by atoms with Crippen molar-refractivity contribution in [3.63, 3.8) is 0 Å². The van der Waals surface area contributed by atoms with E-state index in [0.29, 0.717) is 10.6 Å². The summed E-state index contributed by atoms with van der Waals surface area (Å²) in [6.07, 6.45) is 0. The van der Waals surface area contributed by atoms with Gasteiger partial charge in [0.25, 0.3) is 10.0 Å². The molecule has 0 spiro atoms. The maximum Gasteiger partial charge on any atom is 0.284 e. The number of rotatable bonds is 4. The van der Waals surface area contributed by atoms with Crippen LogP contribution in [-0.4, -0.2) is 14.3 Å². The van der Waals surface area contributed by atoms with Gasteiger partial charge in [-0.05, 0) is 43.3 Å². The third kappa shape index (κ3) is 4.50. The maximum absolute atomic E-state index is 12.7. The van der Waals surface area contributed by atoms with E-state index in [2.05, 4.69) is 9.71 Å². The van der Waals surface area contributed by atoms with Crippen molar-refractivity contribution in [2.45, 2.75) is 11.8 Å². The summed E-state index contributed by atoms with van der Waals surface area (Å²) in [6.45, 7) is 1.97. The zero-order valence-electron chi connectivity index (χ0n) is 14.1. The van der Waals surface area contributed by atoms with Crippen molar-refractivity contribution in [1.29, 1.82) is 0 Å². The second kappa shape index (κ2) is 7.72. The minimum atomic E-state index is -3.89. The molecule has 0 bridgehead atoms. The van der Waals surface area contributed by atoms with Crippen LogP contribution in [-0.2, 0) is 10.0 Å². The van der Waals surface area contributed by atoms with Crippen molar-refractivity contribution in [3.05, 3.63) is 95.0 Å². The maximum atomic E-state index is 12.7. The van der Waals surface area contributed by atoms with Gasteiger partial charge in [-0.3, -0.25) is 0 Å². The molecule has 0 aliphatic carbocycles. The summed E-state index contributed by atoms with van der Waals surface area (Å²) in [6, 6.07) is 22.7. The average molecular weight is 385 g/mol. The van der Waals surface area contributed by atoms with E-state index in [0.717, 1.165) is 11.3 Å². The third-order valence-corrected chi connectivity index (χ3v) is 5.23. The molecule has 0 aliphatic rings. The Labute approximate surface area is 158 Å². The van der Waals surface area contributed by atoms with Crippen LogP contribution in [0.15, 0.2) is 88.2 Å². The number of hydrogen-bond donors (Lipinski definition) is 1. The van der Waals surface area contributed by atoms with Gasteiger partial charge in [0.1, 0.15) is 0 Å². The molecule has 0 heterocycles. The molecule has 0 unspecified atom stereocenters. The molecule has 4 nitrogen and oxygen atoms in total. The van der Waals surface area contributed by atoms with E-state index in [1.165, 1.54) is 24.3 Å². The third-order valence-electron chi connectivity index (χ3n) is 3.68. The summed E-state index contributed by atoms with van der Waals surface area (Å²) in [5, 5.41) is 3.56. The van der Waals surface area contributed by atoms with Crippen molar-refractivity contribution in [2.75, 3.05) is 5.32 Å². The van der Waals surface area contributed by atoms with Crippen molar-refractivity contribution in [1.82, 2.24) is 0 Å². The highest BCUT2D eigenvalue weighted by atomic mass is 35.5. The fourth-order valence-corrected chi connectivity index (χ4v) is 3.40. The first-order valence-corrected chi connectivity index (χ1v) is 9.75. The van der Waals surface area contributed by atoms with Gasteiger partial charge in [-0.15, -0.1) is 4.40 Å². The smallest absolute Gasteiger partial charge is 0.284 e. The molecular weight excluding hydrogens is 368 g/mol. The molecule has 3 rings (SSSR count). The average Bonchev–Trinajstić information content (AvgIpc) is 2.63. The normalized spacial score (nSPS) is 12.0. The molecule has 0 radical (unpaired) electrons. The Morgan fingerprint density at radius 3 is 2.12 bits per heavy atom. The van der Waals surface area contributed by atoms with Gasteiger partial charge in [0.05, 0.1) is 4.90 Å². The van der Waals surface area contributed by atoms with Crippen molar-refractivity contribution in [3.8, 4) is 0 Å². The quantitative estimate of drug-likeness (QED) is 0.514. The van der Waals surface area contributed by atoms with Gasteiger partial charge >= 0.3 is 0 Å². The van der Waals surface area contributed by atoms with E-state index in [1.807, 2.05) is 61.5 Å². The Morgan fingerprint density at radius 2 is 1.50 bits per heavy atom. The molecule has 0 saturated carbocycles. The van der Waals surface area contributed by atoms with E-state index in [4.69, 9.17) is 11.6 Å². The minimum Gasteiger partial charge on any atom is -0.339 e. The molecule has 6 heteroatoms. The first-order valence-electron chi connectivity index (χ1n) is 7.94. The Morgan fingerprint density at radius 1 is 0.885 bits per heavy atom. The molecule has 132 valence electrons. The number of anilines is 1. The monoisotopic (exact) mass is 384 g/mol. The number of nitrogens with one attached hydrogen (secondary N) is 1. The molecule has 0 atom stereocenters. The number of hydrogen-bond acceptors (Lipinski definition) is 2. The van der Waals surface area contributed by atoms with Crippen LogP contribution in [0.4, 0.5) is 5.69 Å².